The Morgan fingerprint density at radius 2 is 2.00 bits per heavy atom. The summed E-state index contributed by atoms with van der Waals surface area (Å²) in [6, 6.07) is 7.72. The minimum absolute atomic E-state index is 0.0572. The summed E-state index contributed by atoms with van der Waals surface area (Å²) in [5, 5.41) is 3.18. The molecule has 1 heterocycles. The zero-order chi connectivity index (χ0) is 16.9. The van der Waals surface area contributed by atoms with Gasteiger partial charge in [0.2, 0.25) is 10.0 Å². The molecule has 0 aliphatic carbocycles. The van der Waals surface area contributed by atoms with Crippen molar-refractivity contribution in [2.24, 2.45) is 0 Å². The number of hydrogen-bond acceptors (Lipinski definition) is 5. The van der Waals surface area contributed by atoms with Crippen molar-refractivity contribution in [3.05, 3.63) is 29.8 Å². The molecule has 0 bridgehead atoms. The van der Waals surface area contributed by atoms with Gasteiger partial charge in [0.15, 0.2) is 0 Å². The molecule has 6 nitrogen and oxygen atoms in total. The quantitative estimate of drug-likeness (QED) is 0.755. The highest BCUT2D eigenvalue weighted by atomic mass is 32.2. The van der Waals surface area contributed by atoms with Crippen LogP contribution >= 0.6 is 0 Å². The molecule has 0 amide bonds. The number of benzene rings is 1. The fraction of sp³-hybridized carbons (Fsp3) is 0.625. The van der Waals surface area contributed by atoms with Crippen LogP contribution in [0.5, 0.6) is 5.75 Å². The van der Waals surface area contributed by atoms with E-state index in [2.05, 4.69) is 5.32 Å². The molecule has 1 fully saturated rings. The molecule has 0 saturated carbocycles. The van der Waals surface area contributed by atoms with E-state index in [9.17, 15) is 8.42 Å². The number of ether oxygens (including phenoxy) is 2. The van der Waals surface area contributed by atoms with Crippen molar-refractivity contribution in [3.8, 4) is 5.75 Å². The molecule has 2 rings (SSSR count). The minimum Gasteiger partial charge on any atom is -0.497 e. The minimum atomic E-state index is -3.25. The monoisotopic (exact) mass is 342 g/mol. The number of methoxy groups -OCH3 is 1. The van der Waals surface area contributed by atoms with Gasteiger partial charge in [-0.3, -0.25) is 0 Å². The van der Waals surface area contributed by atoms with Gasteiger partial charge in [0, 0.05) is 26.2 Å². The second-order valence-corrected chi connectivity index (χ2v) is 8.01. The largest absolute Gasteiger partial charge is 0.497 e. The number of morpholine rings is 1. The van der Waals surface area contributed by atoms with Crippen LogP contribution in [0.4, 0.5) is 0 Å². The van der Waals surface area contributed by atoms with Gasteiger partial charge >= 0.3 is 0 Å². The fourth-order valence-corrected chi connectivity index (χ4v) is 4.24. The van der Waals surface area contributed by atoms with E-state index in [1.165, 1.54) is 0 Å². The van der Waals surface area contributed by atoms with Crippen LogP contribution < -0.4 is 10.1 Å². The van der Waals surface area contributed by atoms with Gasteiger partial charge in [-0.2, -0.15) is 4.31 Å². The van der Waals surface area contributed by atoms with Crippen molar-refractivity contribution in [1.29, 1.82) is 0 Å². The van der Waals surface area contributed by atoms with E-state index in [1.807, 2.05) is 38.1 Å². The number of nitrogens with zero attached hydrogens (tertiary/aromatic N) is 1. The first-order valence-electron chi connectivity index (χ1n) is 7.87. The van der Waals surface area contributed by atoms with Crippen LogP contribution in [0.1, 0.15) is 19.4 Å². The Bertz CT molecular complexity index is 596. The molecule has 0 spiro atoms. The molecule has 130 valence electrons. The number of sulfonamides is 1. The molecule has 1 aromatic carbocycles. The van der Waals surface area contributed by atoms with E-state index in [-0.39, 0.29) is 18.0 Å². The standard InChI is InChI=1S/C16H26N2O4S/c1-13-11-18(12-14(2)22-13)23(19,20)8-7-17-10-15-5-4-6-16(9-15)21-3/h4-6,9,13-14,17H,7-8,10-12H2,1-3H3/t13-,14-/m0/s1. The lowest BCUT2D eigenvalue weighted by molar-refractivity contribution is -0.0440. The molecule has 0 radical (unpaired) electrons. The van der Waals surface area contributed by atoms with E-state index in [1.54, 1.807) is 11.4 Å². The van der Waals surface area contributed by atoms with Crippen LogP contribution in [0.25, 0.3) is 0 Å². The third-order valence-corrected chi connectivity index (χ3v) is 5.58. The van der Waals surface area contributed by atoms with Gasteiger partial charge in [-0.05, 0) is 31.5 Å². The van der Waals surface area contributed by atoms with E-state index in [0.717, 1.165) is 11.3 Å². The molecule has 1 aromatic rings. The molecule has 1 saturated heterocycles. The van der Waals surface area contributed by atoms with Crippen molar-refractivity contribution in [2.75, 3.05) is 32.5 Å². The lowest BCUT2D eigenvalue weighted by atomic mass is 10.2. The summed E-state index contributed by atoms with van der Waals surface area (Å²) in [5.74, 6) is 0.893. The molecule has 7 heteroatoms. The fourth-order valence-electron chi connectivity index (χ4n) is 2.70. The maximum atomic E-state index is 12.4. The zero-order valence-corrected chi connectivity index (χ0v) is 14.8. The summed E-state index contributed by atoms with van der Waals surface area (Å²) < 4.78 is 37.1. The maximum Gasteiger partial charge on any atom is 0.215 e. The first kappa shape index (κ1) is 18.2. The molecular formula is C16H26N2O4S. The van der Waals surface area contributed by atoms with Gasteiger partial charge in [-0.25, -0.2) is 8.42 Å². The van der Waals surface area contributed by atoms with Crippen molar-refractivity contribution in [2.45, 2.75) is 32.6 Å². The average molecular weight is 342 g/mol. The highest BCUT2D eigenvalue weighted by molar-refractivity contribution is 7.89. The Kier molecular flexibility index (Phi) is 6.41. The SMILES string of the molecule is COc1cccc(CNCCS(=O)(=O)N2C[C@H](C)O[C@@H](C)C2)c1. The summed E-state index contributed by atoms with van der Waals surface area (Å²) in [4.78, 5) is 0. The first-order chi connectivity index (χ1) is 10.9. The van der Waals surface area contributed by atoms with Gasteiger partial charge in [0.25, 0.3) is 0 Å². The predicted octanol–water partition coefficient (Wildman–Crippen LogP) is 1.22. The highest BCUT2D eigenvalue weighted by Crippen LogP contribution is 2.15. The molecule has 0 aromatic heterocycles. The van der Waals surface area contributed by atoms with Crippen LogP contribution in [0.2, 0.25) is 0 Å². The first-order valence-corrected chi connectivity index (χ1v) is 9.48. The molecule has 0 unspecified atom stereocenters. The molecular weight excluding hydrogens is 316 g/mol. The number of rotatable bonds is 7. The molecule has 23 heavy (non-hydrogen) atoms. The molecule has 1 aliphatic heterocycles. The summed E-state index contributed by atoms with van der Waals surface area (Å²) in [5.41, 5.74) is 1.07. The normalized spacial score (nSPS) is 22.9. The smallest absolute Gasteiger partial charge is 0.215 e. The number of nitrogens with one attached hydrogen (secondary N) is 1. The van der Waals surface area contributed by atoms with Crippen LogP contribution in [0.15, 0.2) is 24.3 Å². The van der Waals surface area contributed by atoms with Crippen LogP contribution in [-0.4, -0.2) is 57.4 Å². The lowest BCUT2D eigenvalue weighted by Crippen LogP contribution is -2.49. The Morgan fingerprint density at radius 3 is 2.65 bits per heavy atom. The van der Waals surface area contributed by atoms with E-state index in [0.29, 0.717) is 26.2 Å². The summed E-state index contributed by atoms with van der Waals surface area (Å²) in [6.45, 7) is 5.70. The molecule has 1 N–H and O–H groups in total. The second-order valence-electron chi connectivity index (χ2n) is 5.92. The summed E-state index contributed by atoms with van der Waals surface area (Å²) >= 11 is 0. The third kappa shape index (κ3) is 5.46. The van der Waals surface area contributed by atoms with Gasteiger partial charge in [0.1, 0.15) is 5.75 Å². The van der Waals surface area contributed by atoms with Crippen molar-refractivity contribution >= 4 is 10.0 Å². The van der Waals surface area contributed by atoms with Gasteiger partial charge in [-0.1, -0.05) is 12.1 Å². The third-order valence-electron chi connectivity index (χ3n) is 3.78. The Labute approximate surface area is 138 Å². The Morgan fingerprint density at radius 1 is 1.30 bits per heavy atom. The lowest BCUT2D eigenvalue weighted by Gasteiger charge is -2.34. The predicted molar refractivity (Wildman–Crippen MR) is 90.1 cm³/mol. The number of hydrogen-bond donors (Lipinski definition) is 1. The highest BCUT2D eigenvalue weighted by Gasteiger charge is 2.30. The Balaban J connectivity index is 1.80. The summed E-state index contributed by atoms with van der Waals surface area (Å²) in [6.07, 6.45) is -0.114. The van der Waals surface area contributed by atoms with Gasteiger partial charge < -0.3 is 14.8 Å². The zero-order valence-electron chi connectivity index (χ0n) is 14.0. The van der Waals surface area contributed by atoms with Crippen LogP contribution in [-0.2, 0) is 21.3 Å². The second kappa shape index (κ2) is 8.10. The topological polar surface area (TPSA) is 67.9 Å². The van der Waals surface area contributed by atoms with Crippen molar-refractivity contribution in [3.63, 3.8) is 0 Å². The van der Waals surface area contributed by atoms with E-state index < -0.39 is 10.0 Å². The van der Waals surface area contributed by atoms with Crippen LogP contribution in [0, 0.1) is 0 Å². The summed E-state index contributed by atoms with van der Waals surface area (Å²) in [7, 11) is -1.62. The Hall–Kier alpha value is -1.15. The maximum absolute atomic E-state index is 12.4. The van der Waals surface area contributed by atoms with Gasteiger partial charge in [0.05, 0.1) is 25.1 Å². The van der Waals surface area contributed by atoms with Crippen molar-refractivity contribution < 1.29 is 17.9 Å². The van der Waals surface area contributed by atoms with E-state index in [4.69, 9.17) is 9.47 Å². The van der Waals surface area contributed by atoms with Crippen molar-refractivity contribution in [1.82, 2.24) is 9.62 Å². The average Bonchev–Trinajstić information content (AvgIpc) is 2.51. The van der Waals surface area contributed by atoms with Crippen LogP contribution in [0.3, 0.4) is 0 Å². The van der Waals surface area contributed by atoms with Gasteiger partial charge in [-0.15, -0.1) is 0 Å². The van der Waals surface area contributed by atoms with E-state index >= 15 is 0 Å². The molecule has 2 atom stereocenters. The molecule has 1 aliphatic rings.